The van der Waals surface area contributed by atoms with Crippen LogP contribution in [0.5, 0.6) is 0 Å². The lowest BCUT2D eigenvalue weighted by molar-refractivity contribution is 0.0415. The molecule has 2 aliphatic heterocycles. The fourth-order valence-corrected chi connectivity index (χ4v) is 4.29. The highest BCUT2D eigenvalue weighted by atomic mass is 32.2. The zero-order valence-electron chi connectivity index (χ0n) is 11.4. The van der Waals surface area contributed by atoms with Crippen molar-refractivity contribution in [3.63, 3.8) is 0 Å². The number of halogens is 1. The summed E-state index contributed by atoms with van der Waals surface area (Å²) < 4.78 is 43.6. The van der Waals surface area contributed by atoms with Crippen LogP contribution in [0.2, 0.25) is 0 Å². The second kappa shape index (κ2) is 4.79. The minimum atomic E-state index is -3.61. The van der Waals surface area contributed by atoms with Crippen LogP contribution < -0.4 is 5.32 Å². The summed E-state index contributed by atoms with van der Waals surface area (Å²) in [6.07, 6.45) is 1.96. The third-order valence-corrected chi connectivity index (χ3v) is 6.38. The zero-order valence-corrected chi connectivity index (χ0v) is 12.2. The van der Waals surface area contributed by atoms with Gasteiger partial charge in [-0.05, 0) is 44.0 Å². The fourth-order valence-electron chi connectivity index (χ4n) is 2.79. The molecule has 2 saturated heterocycles. The van der Waals surface area contributed by atoms with Gasteiger partial charge in [0.1, 0.15) is 16.0 Å². The molecule has 2 heterocycles. The van der Waals surface area contributed by atoms with Crippen LogP contribution in [0.1, 0.15) is 25.3 Å². The summed E-state index contributed by atoms with van der Waals surface area (Å²) in [5.41, 5.74) is 0.541. The molecule has 110 valence electrons. The Morgan fingerprint density at radius 2 is 2.15 bits per heavy atom. The van der Waals surface area contributed by atoms with Gasteiger partial charge in [0.25, 0.3) is 0 Å². The van der Waals surface area contributed by atoms with Crippen LogP contribution in [0.3, 0.4) is 0 Å². The molecule has 0 aromatic heterocycles. The van der Waals surface area contributed by atoms with Crippen LogP contribution >= 0.6 is 0 Å². The number of hydrogen-bond acceptors (Lipinski definition) is 4. The van der Waals surface area contributed by atoms with Crippen LogP contribution in [-0.4, -0.2) is 33.4 Å². The van der Waals surface area contributed by atoms with Gasteiger partial charge in [-0.3, -0.25) is 0 Å². The number of benzene rings is 1. The summed E-state index contributed by atoms with van der Waals surface area (Å²) in [4.78, 5) is -0.212. The molecule has 0 aliphatic carbocycles. The first kappa shape index (κ1) is 14.0. The fraction of sp³-hybridized carbons (Fsp3) is 0.571. The summed E-state index contributed by atoms with van der Waals surface area (Å²) in [5, 5.41) is 2.74. The van der Waals surface area contributed by atoms with Gasteiger partial charge in [0.05, 0.1) is 13.2 Å². The highest BCUT2D eigenvalue weighted by Crippen LogP contribution is 2.33. The van der Waals surface area contributed by atoms with E-state index in [2.05, 4.69) is 5.32 Å². The average Bonchev–Trinajstić information content (AvgIpc) is 2.74. The van der Waals surface area contributed by atoms with Crippen LogP contribution in [0, 0.1) is 5.82 Å². The maximum absolute atomic E-state index is 14.2. The van der Waals surface area contributed by atoms with E-state index in [0.29, 0.717) is 0 Å². The molecule has 2 fully saturated rings. The summed E-state index contributed by atoms with van der Waals surface area (Å²) in [7, 11) is -3.61. The van der Waals surface area contributed by atoms with Crippen molar-refractivity contribution >= 4 is 9.84 Å². The molecule has 4 nitrogen and oxygen atoms in total. The predicted molar refractivity (Wildman–Crippen MR) is 72.8 cm³/mol. The van der Waals surface area contributed by atoms with Crippen molar-refractivity contribution in [1.82, 2.24) is 5.32 Å². The van der Waals surface area contributed by atoms with Gasteiger partial charge in [0, 0.05) is 5.54 Å². The summed E-state index contributed by atoms with van der Waals surface area (Å²) >= 11 is 0. The topological polar surface area (TPSA) is 55.4 Å². The standard InChI is InChI=1S/C14H18FNO3S/c1-14(5-2-6-16-14)10-3-4-13(12(15)7-10)20(17,18)11-8-19-9-11/h3-4,7,11,16H,2,5-6,8-9H2,1H3. The van der Waals surface area contributed by atoms with Gasteiger partial charge in [0.15, 0.2) is 9.84 Å². The minimum Gasteiger partial charge on any atom is -0.379 e. The molecule has 1 atom stereocenters. The van der Waals surface area contributed by atoms with E-state index in [1.54, 1.807) is 6.07 Å². The molecule has 0 amide bonds. The Balaban J connectivity index is 1.95. The van der Waals surface area contributed by atoms with Crippen molar-refractivity contribution in [3.05, 3.63) is 29.6 Å². The van der Waals surface area contributed by atoms with Crippen molar-refractivity contribution in [2.45, 2.75) is 35.4 Å². The molecule has 0 saturated carbocycles. The first-order valence-electron chi connectivity index (χ1n) is 6.80. The maximum Gasteiger partial charge on any atom is 0.188 e. The Kier molecular flexibility index (Phi) is 3.35. The van der Waals surface area contributed by atoms with Gasteiger partial charge >= 0.3 is 0 Å². The number of rotatable bonds is 3. The molecular weight excluding hydrogens is 281 g/mol. The predicted octanol–water partition coefficient (Wildman–Crippen LogP) is 1.60. The average molecular weight is 299 g/mol. The number of ether oxygens (including phenoxy) is 1. The molecule has 1 N–H and O–H groups in total. The number of hydrogen-bond donors (Lipinski definition) is 1. The maximum atomic E-state index is 14.2. The van der Waals surface area contributed by atoms with Gasteiger partial charge in [-0.15, -0.1) is 0 Å². The van der Waals surface area contributed by atoms with Gasteiger partial charge < -0.3 is 10.1 Å². The van der Waals surface area contributed by atoms with Crippen molar-refractivity contribution in [1.29, 1.82) is 0 Å². The van der Waals surface area contributed by atoms with Crippen LogP contribution in [-0.2, 0) is 20.1 Å². The minimum absolute atomic E-state index is 0.156. The third kappa shape index (κ3) is 2.16. The van der Waals surface area contributed by atoms with E-state index in [9.17, 15) is 12.8 Å². The van der Waals surface area contributed by atoms with Crippen LogP contribution in [0.25, 0.3) is 0 Å². The normalized spacial score (nSPS) is 27.5. The number of sulfone groups is 1. The molecule has 2 aliphatic rings. The molecule has 6 heteroatoms. The molecule has 1 aromatic rings. The van der Waals surface area contributed by atoms with Crippen molar-refractivity contribution < 1.29 is 17.5 Å². The van der Waals surface area contributed by atoms with E-state index in [1.807, 2.05) is 6.92 Å². The van der Waals surface area contributed by atoms with Gasteiger partial charge in [-0.25, -0.2) is 12.8 Å². The molecule has 20 heavy (non-hydrogen) atoms. The SMILES string of the molecule is CC1(c2ccc(S(=O)(=O)C3COC3)c(F)c2)CCCN1. The second-order valence-corrected chi connectivity index (χ2v) is 7.91. The Morgan fingerprint density at radius 1 is 1.40 bits per heavy atom. The van der Waals surface area contributed by atoms with Gasteiger partial charge in [-0.1, -0.05) is 6.07 Å². The first-order valence-corrected chi connectivity index (χ1v) is 8.35. The van der Waals surface area contributed by atoms with E-state index in [0.717, 1.165) is 24.9 Å². The van der Waals surface area contributed by atoms with Crippen LogP contribution in [0.15, 0.2) is 23.1 Å². The van der Waals surface area contributed by atoms with E-state index in [1.165, 1.54) is 12.1 Å². The summed E-state index contributed by atoms with van der Waals surface area (Å²) in [6, 6.07) is 4.46. The van der Waals surface area contributed by atoms with Crippen molar-refractivity contribution in [2.75, 3.05) is 19.8 Å². The summed E-state index contributed by atoms with van der Waals surface area (Å²) in [6.45, 7) is 3.23. The molecule has 1 unspecified atom stereocenters. The van der Waals surface area contributed by atoms with E-state index in [4.69, 9.17) is 4.74 Å². The Morgan fingerprint density at radius 3 is 2.65 bits per heavy atom. The first-order chi connectivity index (χ1) is 9.43. The Labute approximate surface area is 118 Å². The smallest absolute Gasteiger partial charge is 0.188 e. The van der Waals surface area contributed by atoms with E-state index in [-0.39, 0.29) is 23.6 Å². The lowest BCUT2D eigenvalue weighted by Crippen LogP contribution is -2.41. The van der Waals surface area contributed by atoms with Crippen molar-refractivity contribution in [3.8, 4) is 0 Å². The van der Waals surface area contributed by atoms with Crippen LogP contribution in [0.4, 0.5) is 4.39 Å². The lowest BCUT2D eigenvalue weighted by atomic mass is 9.90. The lowest BCUT2D eigenvalue weighted by Gasteiger charge is -2.27. The van der Waals surface area contributed by atoms with E-state index >= 15 is 0 Å². The Hall–Kier alpha value is -0.980. The molecule has 0 spiro atoms. The second-order valence-electron chi connectivity index (χ2n) is 5.71. The molecule has 0 radical (unpaired) electrons. The molecular formula is C14H18FNO3S. The highest BCUT2D eigenvalue weighted by Gasteiger charge is 2.37. The monoisotopic (exact) mass is 299 g/mol. The largest absolute Gasteiger partial charge is 0.379 e. The van der Waals surface area contributed by atoms with Gasteiger partial charge in [0.2, 0.25) is 0 Å². The zero-order chi connectivity index (χ0) is 14.4. The third-order valence-electron chi connectivity index (χ3n) is 4.29. The van der Waals surface area contributed by atoms with Crippen molar-refractivity contribution in [2.24, 2.45) is 0 Å². The molecule has 3 rings (SSSR count). The Bertz CT molecular complexity index is 619. The highest BCUT2D eigenvalue weighted by molar-refractivity contribution is 7.92. The van der Waals surface area contributed by atoms with E-state index < -0.39 is 20.9 Å². The van der Waals surface area contributed by atoms with Gasteiger partial charge in [-0.2, -0.15) is 0 Å². The molecule has 1 aromatic carbocycles. The molecule has 0 bridgehead atoms. The summed E-state index contributed by atoms with van der Waals surface area (Å²) in [5.74, 6) is -0.663. The quantitative estimate of drug-likeness (QED) is 0.921. The number of nitrogens with one attached hydrogen (secondary N) is 1.